The first kappa shape index (κ1) is 20.2. The molecule has 7 heteroatoms. The summed E-state index contributed by atoms with van der Waals surface area (Å²) in [6.45, 7) is 2.06. The summed E-state index contributed by atoms with van der Waals surface area (Å²) in [7, 11) is 0. The number of thiophene rings is 2. The lowest BCUT2D eigenvalue weighted by Crippen LogP contribution is -2.38. The highest BCUT2D eigenvalue weighted by Gasteiger charge is 2.33. The lowest BCUT2D eigenvalue weighted by Gasteiger charge is -2.20. The van der Waals surface area contributed by atoms with Gasteiger partial charge in [0.15, 0.2) is 0 Å². The molecule has 31 heavy (non-hydrogen) atoms. The molecule has 3 heterocycles. The molecule has 0 saturated carbocycles. The second-order valence-corrected chi connectivity index (χ2v) is 9.96. The average molecular weight is 450 g/mol. The number of nitrogens with one attached hydrogen (secondary N) is 1. The van der Waals surface area contributed by atoms with E-state index >= 15 is 0 Å². The molecule has 0 unspecified atom stereocenters. The van der Waals surface area contributed by atoms with E-state index in [-0.39, 0.29) is 24.9 Å². The molecule has 0 fully saturated rings. The Morgan fingerprint density at radius 3 is 2.74 bits per heavy atom. The number of hydrogen-bond donors (Lipinski definition) is 1. The molecule has 2 aliphatic rings. The van der Waals surface area contributed by atoms with E-state index in [2.05, 4.69) is 11.4 Å². The maximum atomic E-state index is 13.1. The van der Waals surface area contributed by atoms with Gasteiger partial charge in [0.1, 0.15) is 18.1 Å². The quantitative estimate of drug-likeness (QED) is 0.621. The molecule has 1 N–H and O–H groups in total. The number of amides is 2. The predicted octanol–water partition coefficient (Wildman–Crippen LogP) is 4.82. The van der Waals surface area contributed by atoms with Crippen LogP contribution >= 0.6 is 22.7 Å². The van der Waals surface area contributed by atoms with Crippen LogP contribution in [0.2, 0.25) is 0 Å². The van der Waals surface area contributed by atoms with Gasteiger partial charge in [0.25, 0.3) is 0 Å². The van der Waals surface area contributed by atoms with Gasteiger partial charge in [-0.1, -0.05) is 23.8 Å². The summed E-state index contributed by atoms with van der Waals surface area (Å²) >= 11 is 3.30. The van der Waals surface area contributed by atoms with Crippen molar-refractivity contribution in [1.82, 2.24) is 0 Å². The standard InChI is InChI=1S/C24H23N3O2S2/c1-15-8-10-16(11-9-15)26-20(28)14-27-21(29)13-25-23(19-7-4-12-30-19)22-17-5-2-3-6-18(17)31-24(22)27/h4,7-12H,2-3,5-6,13-14H2,1H3,(H,26,28). The molecule has 2 aromatic heterocycles. The first-order valence-corrected chi connectivity index (χ1v) is 12.2. The van der Waals surface area contributed by atoms with E-state index in [4.69, 9.17) is 4.99 Å². The van der Waals surface area contributed by atoms with Crippen molar-refractivity contribution in [2.45, 2.75) is 32.6 Å². The van der Waals surface area contributed by atoms with Crippen LogP contribution in [-0.4, -0.2) is 30.6 Å². The molecular formula is C24H23N3O2S2. The van der Waals surface area contributed by atoms with E-state index in [1.807, 2.05) is 42.6 Å². The molecule has 0 radical (unpaired) electrons. The van der Waals surface area contributed by atoms with Crippen LogP contribution in [0.5, 0.6) is 0 Å². The Kier molecular flexibility index (Phi) is 5.46. The van der Waals surface area contributed by atoms with Crippen molar-refractivity contribution in [2.75, 3.05) is 23.3 Å². The molecule has 5 nitrogen and oxygen atoms in total. The second kappa shape index (κ2) is 8.40. The Bertz CT molecular complexity index is 1160. The normalized spacial score (nSPS) is 15.7. The molecule has 3 aromatic rings. The van der Waals surface area contributed by atoms with Crippen LogP contribution < -0.4 is 10.2 Å². The number of anilines is 2. The summed E-state index contributed by atoms with van der Waals surface area (Å²) in [5, 5.41) is 5.84. The topological polar surface area (TPSA) is 61.8 Å². The highest BCUT2D eigenvalue weighted by molar-refractivity contribution is 7.17. The average Bonchev–Trinajstić information content (AvgIpc) is 3.40. The minimum absolute atomic E-state index is 0.00760. The second-order valence-electron chi connectivity index (χ2n) is 7.93. The number of carbonyl (C=O) groups excluding carboxylic acids is 2. The summed E-state index contributed by atoms with van der Waals surface area (Å²) in [4.78, 5) is 34.7. The summed E-state index contributed by atoms with van der Waals surface area (Å²) < 4.78 is 0. The SMILES string of the molecule is Cc1ccc(NC(=O)CN2C(=O)CN=C(c3cccs3)c3c2sc2c3CCCC2)cc1. The molecule has 2 amide bonds. The van der Waals surface area contributed by atoms with Crippen molar-refractivity contribution in [1.29, 1.82) is 0 Å². The molecule has 1 aliphatic heterocycles. The monoisotopic (exact) mass is 449 g/mol. The third kappa shape index (κ3) is 3.95. The van der Waals surface area contributed by atoms with Gasteiger partial charge in [-0.15, -0.1) is 22.7 Å². The third-order valence-corrected chi connectivity index (χ3v) is 7.89. The van der Waals surface area contributed by atoms with Crippen molar-refractivity contribution in [3.05, 3.63) is 68.2 Å². The predicted molar refractivity (Wildman–Crippen MR) is 128 cm³/mol. The van der Waals surface area contributed by atoms with Gasteiger partial charge < -0.3 is 5.32 Å². The Balaban J connectivity index is 1.50. The van der Waals surface area contributed by atoms with Crippen LogP contribution in [0.25, 0.3) is 0 Å². The first-order valence-electron chi connectivity index (χ1n) is 10.5. The van der Waals surface area contributed by atoms with Gasteiger partial charge in [0.05, 0.1) is 10.6 Å². The van der Waals surface area contributed by atoms with Crippen molar-refractivity contribution in [3.8, 4) is 0 Å². The van der Waals surface area contributed by atoms with Crippen molar-refractivity contribution in [2.24, 2.45) is 4.99 Å². The number of aliphatic imine (C=N–C) groups is 1. The largest absolute Gasteiger partial charge is 0.325 e. The highest BCUT2D eigenvalue weighted by atomic mass is 32.1. The zero-order valence-corrected chi connectivity index (χ0v) is 18.9. The maximum Gasteiger partial charge on any atom is 0.249 e. The molecule has 0 spiro atoms. The fraction of sp³-hybridized carbons (Fsp3) is 0.292. The minimum Gasteiger partial charge on any atom is -0.325 e. The van der Waals surface area contributed by atoms with Gasteiger partial charge in [-0.25, -0.2) is 0 Å². The van der Waals surface area contributed by atoms with Crippen molar-refractivity contribution in [3.63, 3.8) is 0 Å². The van der Waals surface area contributed by atoms with E-state index < -0.39 is 0 Å². The van der Waals surface area contributed by atoms with Gasteiger partial charge in [0.2, 0.25) is 11.8 Å². The van der Waals surface area contributed by atoms with Crippen LogP contribution in [0.3, 0.4) is 0 Å². The van der Waals surface area contributed by atoms with E-state index in [0.29, 0.717) is 0 Å². The number of benzene rings is 1. The molecule has 1 aliphatic carbocycles. The minimum atomic E-state index is -0.200. The Hall–Kier alpha value is -2.77. The van der Waals surface area contributed by atoms with Crippen molar-refractivity contribution < 1.29 is 9.59 Å². The van der Waals surface area contributed by atoms with E-state index in [0.717, 1.165) is 51.7 Å². The van der Waals surface area contributed by atoms with Gasteiger partial charge in [-0.2, -0.15) is 0 Å². The number of fused-ring (bicyclic) bond motifs is 3. The lowest BCUT2D eigenvalue weighted by molar-refractivity contribution is -0.120. The highest BCUT2D eigenvalue weighted by Crippen LogP contribution is 2.43. The smallest absolute Gasteiger partial charge is 0.249 e. The van der Waals surface area contributed by atoms with Crippen molar-refractivity contribution >= 4 is 50.9 Å². The molecule has 0 atom stereocenters. The number of carbonyl (C=O) groups is 2. The first-order chi connectivity index (χ1) is 15.1. The molecule has 0 saturated heterocycles. The summed E-state index contributed by atoms with van der Waals surface area (Å²) in [6.07, 6.45) is 4.35. The number of aryl methyl sites for hydroxylation is 2. The van der Waals surface area contributed by atoms with Crippen LogP contribution in [0, 0.1) is 6.92 Å². The zero-order chi connectivity index (χ0) is 21.4. The Morgan fingerprint density at radius 1 is 1.16 bits per heavy atom. The molecule has 0 bridgehead atoms. The van der Waals surface area contributed by atoms with Crippen LogP contribution in [0.4, 0.5) is 10.7 Å². The maximum absolute atomic E-state index is 13.1. The molecule has 5 rings (SSSR count). The summed E-state index contributed by atoms with van der Waals surface area (Å²) in [6, 6.07) is 11.7. The van der Waals surface area contributed by atoms with Gasteiger partial charge in [-0.05, 0) is 61.7 Å². The van der Waals surface area contributed by atoms with Crippen LogP contribution in [0.15, 0.2) is 46.8 Å². The van der Waals surface area contributed by atoms with E-state index in [9.17, 15) is 9.59 Å². The van der Waals surface area contributed by atoms with Gasteiger partial charge >= 0.3 is 0 Å². The van der Waals surface area contributed by atoms with Gasteiger partial charge in [-0.3, -0.25) is 19.5 Å². The summed E-state index contributed by atoms with van der Waals surface area (Å²) in [5.74, 6) is -0.334. The Labute approximate surface area is 189 Å². The fourth-order valence-electron chi connectivity index (χ4n) is 4.17. The molecular weight excluding hydrogens is 426 g/mol. The zero-order valence-electron chi connectivity index (χ0n) is 17.3. The van der Waals surface area contributed by atoms with Gasteiger partial charge in [0, 0.05) is 16.1 Å². The third-order valence-electron chi connectivity index (χ3n) is 5.70. The van der Waals surface area contributed by atoms with Crippen LogP contribution in [0.1, 0.15) is 39.3 Å². The lowest BCUT2D eigenvalue weighted by atomic mass is 9.93. The van der Waals surface area contributed by atoms with E-state index in [1.165, 1.54) is 16.9 Å². The van der Waals surface area contributed by atoms with Crippen LogP contribution in [-0.2, 0) is 22.4 Å². The number of hydrogen-bond acceptors (Lipinski definition) is 5. The Morgan fingerprint density at radius 2 is 1.97 bits per heavy atom. The number of rotatable bonds is 4. The number of nitrogens with zero attached hydrogens (tertiary/aromatic N) is 2. The molecule has 1 aromatic carbocycles. The fourth-order valence-corrected chi connectivity index (χ4v) is 6.31. The van der Waals surface area contributed by atoms with E-state index in [1.54, 1.807) is 27.6 Å². The summed E-state index contributed by atoms with van der Waals surface area (Å²) in [5.41, 5.74) is 5.15. The molecule has 158 valence electrons.